The van der Waals surface area contributed by atoms with Gasteiger partial charge in [0.2, 0.25) is 4.77 Å². The lowest BCUT2D eigenvalue weighted by Crippen LogP contribution is -2.00. The molecule has 0 atom stereocenters. The Morgan fingerprint density at radius 1 is 1.28 bits per heavy atom. The van der Waals surface area contributed by atoms with Crippen LogP contribution in [0.3, 0.4) is 0 Å². The molecule has 0 aliphatic carbocycles. The molecule has 2 rings (SSSR count). The molecule has 18 heavy (non-hydrogen) atoms. The second-order valence-corrected chi connectivity index (χ2v) is 3.78. The maximum atomic E-state index is 5.55. The summed E-state index contributed by atoms with van der Waals surface area (Å²) in [6.45, 7) is 2.51. The molecule has 1 heterocycles. The van der Waals surface area contributed by atoms with E-state index in [0.717, 1.165) is 11.3 Å². The molecule has 94 valence electrons. The summed E-state index contributed by atoms with van der Waals surface area (Å²) >= 11 is 5.00. The van der Waals surface area contributed by atoms with Crippen LogP contribution in [0.25, 0.3) is 11.4 Å². The van der Waals surface area contributed by atoms with Crippen molar-refractivity contribution in [2.24, 2.45) is 0 Å². The highest BCUT2D eigenvalue weighted by molar-refractivity contribution is 7.71. The monoisotopic (exact) mass is 263 g/mol. The van der Waals surface area contributed by atoms with E-state index in [4.69, 9.17) is 21.7 Å². The van der Waals surface area contributed by atoms with Crippen LogP contribution >= 0.6 is 12.2 Å². The smallest absolute Gasteiger partial charge is 0.297 e. The molecule has 1 aromatic heterocycles. The van der Waals surface area contributed by atoms with E-state index in [0.29, 0.717) is 18.4 Å². The minimum Gasteiger partial charge on any atom is -0.493 e. The summed E-state index contributed by atoms with van der Waals surface area (Å²) in [7, 11) is 1.52. The van der Waals surface area contributed by atoms with Crippen molar-refractivity contribution in [3.8, 4) is 23.1 Å². The van der Waals surface area contributed by atoms with Crippen LogP contribution in [0.5, 0.6) is 11.8 Å². The van der Waals surface area contributed by atoms with Gasteiger partial charge in [0.05, 0.1) is 19.3 Å². The summed E-state index contributed by atoms with van der Waals surface area (Å²) in [5.41, 5.74) is 0.825. The lowest BCUT2D eigenvalue weighted by Gasteiger charge is -2.09. The first-order valence-electron chi connectivity index (χ1n) is 5.49. The van der Waals surface area contributed by atoms with Gasteiger partial charge in [0.15, 0.2) is 0 Å². The topological polar surface area (TPSA) is 60.0 Å². The van der Waals surface area contributed by atoms with E-state index < -0.39 is 0 Å². The lowest BCUT2D eigenvalue weighted by molar-refractivity contribution is 0.341. The number of hydrogen-bond acceptors (Lipinski definition) is 5. The van der Waals surface area contributed by atoms with Crippen LogP contribution in [0.1, 0.15) is 6.92 Å². The number of nitrogens with one attached hydrogen (secondary N) is 1. The minimum absolute atomic E-state index is 0.229. The number of methoxy groups -OCH3 is 1. The van der Waals surface area contributed by atoms with Gasteiger partial charge in [0.25, 0.3) is 6.01 Å². The Bertz CT molecular complexity index is 598. The van der Waals surface area contributed by atoms with Crippen molar-refractivity contribution in [2.75, 3.05) is 13.7 Å². The molecule has 2 aromatic rings. The van der Waals surface area contributed by atoms with Gasteiger partial charge >= 0.3 is 0 Å². The average Bonchev–Trinajstić information content (AvgIpc) is 2.39. The summed E-state index contributed by atoms with van der Waals surface area (Å²) in [6, 6.07) is 7.92. The van der Waals surface area contributed by atoms with Crippen LogP contribution in [0, 0.1) is 4.77 Å². The number of aromatic amines is 1. The largest absolute Gasteiger partial charge is 0.493 e. The van der Waals surface area contributed by atoms with Gasteiger partial charge < -0.3 is 9.47 Å². The third-order valence-corrected chi connectivity index (χ3v) is 2.45. The van der Waals surface area contributed by atoms with Crippen LogP contribution in [0.2, 0.25) is 0 Å². The molecule has 1 aromatic carbocycles. The summed E-state index contributed by atoms with van der Waals surface area (Å²) in [6.07, 6.45) is 0. The van der Waals surface area contributed by atoms with Crippen molar-refractivity contribution in [3.63, 3.8) is 0 Å². The van der Waals surface area contributed by atoms with Gasteiger partial charge in [-0.15, -0.1) is 0 Å². The molecule has 0 spiro atoms. The zero-order chi connectivity index (χ0) is 13.0. The summed E-state index contributed by atoms with van der Waals surface area (Å²) in [5.74, 6) is 1.32. The van der Waals surface area contributed by atoms with Crippen LogP contribution in [0.15, 0.2) is 24.3 Å². The molecule has 0 fully saturated rings. The van der Waals surface area contributed by atoms with Gasteiger partial charge in [-0.3, -0.25) is 4.98 Å². The number of hydrogen-bond donors (Lipinski definition) is 1. The number of rotatable bonds is 4. The Kier molecular flexibility index (Phi) is 3.88. The number of aromatic nitrogens is 3. The van der Waals surface area contributed by atoms with Crippen LogP contribution in [-0.4, -0.2) is 28.7 Å². The van der Waals surface area contributed by atoms with Crippen molar-refractivity contribution in [3.05, 3.63) is 29.0 Å². The van der Waals surface area contributed by atoms with Crippen molar-refractivity contribution in [1.82, 2.24) is 15.0 Å². The van der Waals surface area contributed by atoms with Crippen LogP contribution < -0.4 is 9.47 Å². The van der Waals surface area contributed by atoms with E-state index >= 15 is 0 Å². The zero-order valence-corrected chi connectivity index (χ0v) is 11.0. The van der Waals surface area contributed by atoms with Gasteiger partial charge in [-0.1, -0.05) is 12.1 Å². The van der Waals surface area contributed by atoms with E-state index in [1.807, 2.05) is 31.2 Å². The molecular weight excluding hydrogens is 250 g/mol. The highest BCUT2D eigenvalue weighted by atomic mass is 32.1. The van der Waals surface area contributed by atoms with Gasteiger partial charge in [-0.2, -0.15) is 9.97 Å². The van der Waals surface area contributed by atoms with Crippen molar-refractivity contribution in [2.45, 2.75) is 6.92 Å². The molecule has 0 unspecified atom stereocenters. The quantitative estimate of drug-likeness (QED) is 0.859. The number of H-pyrrole nitrogens is 1. The third-order valence-electron chi connectivity index (χ3n) is 2.27. The number of benzene rings is 1. The second-order valence-electron chi connectivity index (χ2n) is 3.42. The van der Waals surface area contributed by atoms with Gasteiger partial charge in [-0.05, 0) is 31.3 Å². The Balaban J connectivity index is 2.54. The van der Waals surface area contributed by atoms with Crippen molar-refractivity contribution in [1.29, 1.82) is 0 Å². The molecule has 5 nitrogen and oxygen atoms in total. The Hall–Kier alpha value is -1.95. The molecule has 0 bridgehead atoms. The van der Waals surface area contributed by atoms with Gasteiger partial charge in [0.1, 0.15) is 11.6 Å². The molecule has 0 radical (unpaired) electrons. The number of ether oxygens (including phenoxy) is 2. The molecule has 0 saturated carbocycles. The second kappa shape index (κ2) is 5.59. The van der Waals surface area contributed by atoms with Crippen LogP contribution in [0.4, 0.5) is 0 Å². The highest BCUT2D eigenvalue weighted by Crippen LogP contribution is 2.27. The molecule has 0 aliphatic rings. The summed E-state index contributed by atoms with van der Waals surface area (Å²) in [4.78, 5) is 11.1. The molecule has 6 heteroatoms. The van der Waals surface area contributed by atoms with Crippen molar-refractivity contribution >= 4 is 12.2 Å². The first-order valence-corrected chi connectivity index (χ1v) is 5.90. The van der Waals surface area contributed by atoms with Gasteiger partial charge in [-0.25, -0.2) is 0 Å². The maximum Gasteiger partial charge on any atom is 0.297 e. The SMILES string of the molecule is CCOc1ccccc1-c1nc(=S)nc(OC)[nH]1. The predicted octanol–water partition coefficient (Wildman–Crippen LogP) is 2.61. The van der Waals surface area contributed by atoms with E-state index in [9.17, 15) is 0 Å². The van der Waals surface area contributed by atoms with E-state index in [2.05, 4.69) is 15.0 Å². The molecule has 1 N–H and O–H groups in total. The standard InChI is InChI=1S/C12H13N3O2S/c1-3-17-9-7-5-4-6-8(9)10-13-11(16-2)15-12(18)14-10/h4-7H,3H2,1-2H3,(H,13,14,15,18). The Labute approximate surface area is 110 Å². The van der Waals surface area contributed by atoms with E-state index in [-0.39, 0.29) is 4.77 Å². The minimum atomic E-state index is 0.229. The zero-order valence-electron chi connectivity index (χ0n) is 10.1. The Morgan fingerprint density at radius 2 is 2.06 bits per heavy atom. The molecule has 0 aliphatic heterocycles. The number of para-hydroxylation sites is 1. The Morgan fingerprint density at radius 3 is 2.78 bits per heavy atom. The molecule has 0 amide bonds. The summed E-state index contributed by atoms with van der Waals surface area (Å²) < 4.78 is 10.8. The normalized spacial score (nSPS) is 10.1. The average molecular weight is 263 g/mol. The van der Waals surface area contributed by atoms with E-state index in [1.54, 1.807) is 0 Å². The van der Waals surface area contributed by atoms with E-state index in [1.165, 1.54) is 7.11 Å². The third kappa shape index (κ3) is 2.65. The predicted molar refractivity (Wildman–Crippen MR) is 70.4 cm³/mol. The highest BCUT2D eigenvalue weighted by Gasteiger charge is 2.09. The number of nitrogens with zero attached hydrogens (tertiary/aromatic N) is 2. The lowest BCUT2D eigenvalue weighted by atomic mass is 10.2. The fourth-order valence-corrected chi connectivity index (χ4v) is 1.71. The first kappa shape index (κ1) is 12.5. The van der Waals surface area contributed by atoms with Gasteiger partial charge in [0, 0.05) is 0 Å². The maximum absolute atomic E-state index is 5.55. The molecular formula is C12H13N3O2S. The first-order chi connectivity index (χ1) is 8.74. The van der Waals surface area contributed by atoms with Crippen molar-refractivity contribution < 1.29 is 9.47 Å². The fraction of sp³-hybridized carbons (Fsp3) is 0.250. The fourth-order valence-electron chi connectivity index (χ4n) is 1.53. The molecule has 0 saturated heterocycles. The van der Waals surface area contributed by atoms with Crippen LogP contribution in [-0.2, 0) is 0 Å². The summed E-state index contributed by atoms with van der Waals surface area (Å²) in [5, 5.41) is 0.